The highest BCUT2D eigenvalue weighted by molar-refractivity contribution is 4.97. The monoisotopic (exact) mass is 198 g/mol. The van der Waals surface area contributed by atoms with Gasteiger partial charge in [0.05, 0.1) is 0 Å². The molecule has 0 fully saturated rings. The van der Waals surface area contributed by atoms with Gasteiger partial charge in [-0.3, -0.25) is 0 Å². The Balaban J connectivity index is 3.22. The summed E-state index contributed by atoms with van der Waals surface area (Å²) < 4.78 is 0. The molecule has 0 saturated heterocycles. The number of hydrogen-bond acceptors (Lipinski definition) is 4. The highest BCUT2D eigenvalue weighted by Crippen LogP contribution is 1.79. The summed E-state index contributed by atoms with van der Waals surface area (Å²) >= 11 is 0. The van der Waals surface area contributed by atoms with E-state index in [0.717, 1.165) is 37.6 Å². The minimum absolute atomic E-state index is 0.747. The topological polar surface area (TPSA) is 76.1 Å². The van der Waals surface area contributed by atoms with Crippen LogP contribution in [0.3, 0.4) is 0 Å². The van der Waals surface area contributed by atoms with E-state index in [1.807, 2.05) is 26.0 Å². The van der Waals surface area contributed by atoms with Crippen LogP contribution in [0.1, 0.15) is 13.8 Å². The second-order valence-corrected chi connectivity index (χ2v) is 3.08. The molecule has 14 heavy (non-hydrogen) atoms. The van der Waals surface area contributed by atoms with Gasteiger partial charge in [-0.1, -0.05) is 12.2 Å². The third-order valence-corrected chi connectivity index (χ3v) is 1.88. The molecule has 0 amide bonds. The number of rotatable bonds is 7. The molecule has 0 aliphatic rings. The van der Waals surface area contributed by atoms with Crippen molar-refractivity contribution in [3.8, 4) is 0 Å². The van der Waals surface area contributed by atoms with Gasteiger partial charge in [0.2, 0.25) is 0 Å². The van der Waals surface area contributed by atoms with E-state index in [-0.39, 0.29) is 0 Å². The first-order valence-corrected chi connectivity index (χ1v) is 4.93. The van der Waals surface area contributed by atoms with E-state index in [4.69, 9.17) is 11.5 Å². The Labute approximate surface area is 86.4 Å². The van der Waals surface area contributed by atoms with Crippen molar-refractivity contribution in [1.82, 2.24) is 10.6 Å². The fourth-order valence-corrected chi connectivity index (χ4v) is 0.846. The molecule has 0 rings (SSSR count). The normalized spacial score (nSPS) is 13.3. The van der Waals surface area contributed by atoms with Crippen molar-refractivity contribution in [3.05, 3.63) is 23.5 Å². The SMILES string of the molecule is C/C=C(\N)CNCCNC/C(N)=C/C. The standard InChI is InChI=1S/C10H22N4/c1-3-9(11)7-13-5-6-14-8-10(12)4-2/h3-4,13-14H,5-8,11-12H2,1-2H3/b9-3-,10-4-. The van der Waals surface area contributed by atoms with Crippen LogP contribution in [0.2, 0.25) is 0 Å². The fourth-order valence-electron chi connectivity index (χ4n) is 0.846. The molecule has 0 unspecified atom stereocenters. The lowest BCUT2D eigenvalue weighted by Crippen LogP contribution is -2.31. The first-order valence-electron chi connectivity index (χ1n) is 4.93. The Morgan fingerprint density at radius 2 is 1.29 bits per heavy atom. The lowest BCUT2D eigenvalue weighted by atomic mass is 10.4. The van der Waals surface area contributed by atoms with Crippen molar-refractivity contribution in [2.75, 3.05) is 26.2 Å². The highest BCUT2D eigenvalue weighted by atomic mass is 15.0. The molecule has 0 aliphatic carbocycles. The second-order valence-electron chi connectivity index (χ2n) is 3.08. The molecule has 0 spiro atoms. The zero-order chi connectivity index (χ0) is 10.8. The second kappa shape index (κ2) is 8.59. The summed E-state index contributed by atoms with van der Waals surface area (Å²) in [6.45, 7) is 7.15. The van der Waals surface area contributed by atoms with Crippen molar-refractivity contribution in [1.29, 1.82) is 0 Å². The first kappa shape index (κ1) is 13.0. The summed E-state index contributed by atoms with van der Waals surface area (Å²) in [4.78, 5) is 0. The predicted octanol–water partition coefficient (Wildman–Crippen LogP) is -0.109. The molecule has 0 heterocycles. The van der Waals surface area contributed by atoms with Crippen LogP contribution in [0.4, 0.5) is 0 Å². The zero-order valence-corrected chi connectivity index (χ0v) is 9.14. The van der Waals surface area contributed by atoms with Crippen LogP contribution in [-0.4, -0.2) is 26.2 Å². The van der Waals surface area contributed by atoms with Crippen LogP contribution in [0, 0.1) is 0 Å². The van der Waals surface area contributed by atoms with Gasteiger partial charge in [-0.2, -0.15) is 0 Å². The third kappa shape index (κ3) is 7.64. The Bertz CT molecular complexity index is 174. The molecule has 0 atom stereocenters. The summed E-state index contributed by atoms with van der Waals surface area (Å²) in [5.41, 5.74) is 13.0. The van der Waals surface area contributed by atoms with Gasteiger partial charge in [0.1, 0.15) is 0 Å². The maximum absolute atomic E-state index is 5.61. The molecule has 6 N–H and O–H groups in total. The number of nitrogens with two attached hydrogens (primary N) is 2. The lowest BCUT2D eigenvalue weighted by Gasteiger charge is -2.06. The van der Waals surface area contributed by atoms with E-state index < -0.39 is 0 Å². The van der Waals surface area contributed by atoms with E-state index in [0.29, 0.717) is 0 Å². The van der Waals surface area contributed by atoms with Crippen LogP contribution in [0.25, 0.3) is 0 Å². The van der Waals surface area contributed by atoms with Crippen molar-refractivity contribution >= 4 is 0 Å². The minimum atomic E-state index is 0.747. The molecule has 4 heteroatoms. The van der Waals surface area contributed by atoms with E-state index in [1.54, 1.807) is 0 Å². The average Bonchev–Trinajstić information content (AvgIpc) is 2.22. The molecule has 0 radical (unpaired) electrons. The summed E-state index contributed by atoms with van der Waals surface area (Å²) in [6, 6.07) is 0. The maximum Gasteiger partial charge on any atom is 0.0349 e. The van der Waals surface area contributed by atoms with Gasteiger partial charge in [0.25, 0.3) is 0 Å². The summed E-state index contributed by atoms with van der Waals surface area (Å²) in [7, 11) is 0. The Morgan fingerprint density at radius 3 is 1.57 bits per heavy atom. The fraction of sp³-hybridized carbons (Fsp3) is 0.600. The Kier molecular flexibility index (Phi) is 7.98. The quantitative estimate of drug-likeness (QED) is 0.431. The van der Waals surface area contributed by atoms with Crippen LogP contribution in [-0.2, 0) is 0 Å². The van der Waals surface area contributed by atoms with Crippen LogP contribution >= 0.6 is 0 Å². The van der Waals surface area contributed by atoms with E-state index in [1.165, 1.54) is 0 Å². The molecule has 0 saturated carbocycles. The van der Waals surface area contributed by atoms with Crippen LogP contribution in [0.15, 0.2) is 23.5 Å². The van der Waals surface area contributed by atoms with Crippen molar-refractivity contribution in [2.45, 2.75) is 13.8 Å². The molecular formula is C10H22N4. The first-order chi connectivity index (χ1) is 6.70. The third-order valence-electron chi connectivity index (χ3n) is 1.88. The molecule has 0 aliphatic heterocycles. The molecule has 0 bridgehead atoms. The van der Waals surface area contributed by atoms with E-state index in [9.17, 15) is 0 Å². The summed E-state index contributed by atoms with van der Waals surface area (Å²) in [6.07, 6.45) is 3.80. The molecule has 0 aromatic heterocycles. The summed E-state index contributed by atoms with van der Waals surface area (Å²) in [5.74, 6) is 0. The minimum Gasteiger partial charge on any atom is -0.401 e. The van der Waals surface area contributed by atoms with Gasteiger partial charge in [0, 0.05) is 37.6 Å². The molecule has 82 valence electrons. The average molecular weight is 198 g/mol. The van der Waals surface area contributed by atoms with Gasteiger partial charge < -0.3 is 22.1 Å². The summed E-state index contributed by atoms with van der Waals surface area (Å²) in [5, 5.41) is 6.42. The van der Waals surface area contributed by atoms with Crippen molar-refractivity contribution < 1.29 is 0 Å². The van der Waals surface area contributed by atoms with Gasteiger partial charge in [-0.15, -0.1) is 0 Å². The van der Waals surface area contributed by atoms with E-state index in [2.05, 4.69) is 10.6 Å². The van der Waals surface area contributed by atoms with Gasteiger partial charge in [0.15, 0.2) is 0 Å². The molecule has 4 nitrogen and oxygen atoms in total. The van der Waals surface area contributed by atoms with Gasteiger partial charge >= 0.3 is 0 Å². The van der Waals surface area contributed by atoms with Crippen molar-refractivity contribution in [3.63, 3.8) is 0 Å². The van der Waals surface area contributed by atoms with Gasteiger partial charge in [-0.05, 0) is 13.8 Å². The van der Waals surface area contributed by atoms with Crippen LogP contribution in [0.5, 0.6) is 0 Å². The highest BCUT2D eigenvalue weighted by Gasteiger charge is 1.90. The lowest BCUT2D eigenvalue weighted by molar-refractivity contribution is 0.649. The predicted molar refractivity (Wildman–Crippen MR) is 61.6 cm³/mol. The Morgan fingerprint density at radius 1 is 0.929 bits per heavy atom. The van der Waals surface area contributed by atoms with E-state index >= 15 is 0 Å². The maximum atomic E-state index is 5.61. The van der Waals surface area contributed by atoms with Crippen LogP contribution < -0.4 is 22.1 Å². The number of hydrogen-bond donors (Lipinski definition) is 4. The zero-order valence-electron chi connectivity index (χ0n) is 9.14. The number of allylic oxidation sites excluding steroid dienone is 2. The van der Waals surface area contributed by atoms with Crippen molar-refractivity contribution in [2.24, 2.45) is 11.5 Å². The smallest absolute Gasteiger partial charge is 0.0349 e. The molecule has 0 aromatic carbocycles. The molecular weight excluding hydrogens is 176 g/mol. The van der Waals surface area contributed by atoms with Gasteiger partial charge in [-0.25, -0.2) is 0 Å². The molecule has 0 aromatic rings. The largest absolute Gasteiger partial charge is 0.401 e. The Hall–Kier alpha value is -1.00. The number of nitrogens with one attached hydrogen (secondary N) is 2.